The number of hydrogen-bond acceptors (Lipinski definition) is 3. The summed E-state index contributed by atoms with van der Waals surface area (Å²) in [6, 6.07) is 7.13. The Morgan fingerprint density at radius 3 is 2.69 bits per heavy atom. The molecule has 1 unspecified atom stereocenters. The molecule has 1 aromatic rings. The van der Waals surface area contributed by atoms with E-state index in [1.54, 1.807) is 6.07 Å². The van der Waals surface area contributed by atoms with Gasteiger partial charge in [0.15, 0.2) is 6.10 Å². The normalized spacial score (nSPS) is 12.7. The van der Waals surface area contributed by atoms with Crippen molar-refractivity contribution in [2.24, 2.45) is 0 Å². The van der Waals surface area contributed by atoms with Crippen molar-refractivity contribution in [2.45, 2.75) is 6.10 Å². The van der Waals surface area contributed by atoms with E-state index >= 15 is 0 Å². The Morgan fingerprint density at radius 1 is 1.50 bits per heavy atom. The Balaban J connectivity index is 3.27. The highest BCUT2D eigenvalue weighted by Crippen LogP contribution is 2.22. The molecule has 80 valence electrons. The minimum Gasteiger partial charge on any atom is -0.373 e. The van der Waals surface area contributed by atoms with Gasteiger partial charge in [0.25, 0.3) is 0 Å². The van der Waals surface area contributed by atoms with Gasteiger partial charge in [-0.05, 0) is 18.2 Å². The lowest BCUT2D eigenvalue weighted by atomic mass is 10.1. The summed E-state index contributed by atoms with van der Waals surface area (Å²) in [5.41, 5.74) is -0.274. The Bertz CT molecular complexity index is 493. The predicted octanol–water partition coefficient (Wildman–Crippen LogP) is 2.27. The highest BCUT2D eigenvalue weighted by atomic mass is 35.5. The first kappa shape index (κ1) is 12.2. The first-order valence-electron chi connectivity index (χ1n) is 4.23. The summed E-state index contributed by atoms with van der Waals surface area (Å²) in [5, 5.41) is 26.4. The molecule has 0 aliphatic carbocycles. The summed E-state index contributed by atoms with van der Waals surface area (Å²) in [7, 11) is 0. The van der Waals surface area contributed by atoms with Gasteiger partial charge in [0.1, 0.15) is 5.82 Å². The lowest BCUT2D eigenvalue weighted by Gasteiger charge is -2.02. The van der Waals surface area contributed by atoms with Crippen LogP contribution in [0.3, 0.4) is 0 Å². The lowest BCUT2D eigenvalue weighted by Crippen LogP contribution is -2.05. The topological polar surface area (TPSA) is 67.8 Å². The van der Waals surface area contributed by atoms with Crippen LogP contribution in [0.2, 0.25) is 5.02 Å². The Morgan fingerprint density at radius 2 is 2.19 bits per heavy atom. The molecule has 0 amide bonds. The number of nitrogens with zero attached hydrogens (tertiary/aromatic N) is 2. The molecule has 1 N–H and O–H groups in total. The molecule has 1 rings (SSSR count). The molecule has 0 fully saturated rings. The van der Waals surface area contributed by atoms with Gasteiger partial charge in [0, 0.05) is 5.56 Å². The number of rotatable bonds is 2. The van der Waals surface area contributed by atoms with Gasteiger partial charge in [-0.1, -0.05) is 17.7 Å². The summed E-state index contributed by atoms with van der Waals surface area (Å²) < 4.78 is 13.3. The monoisotopic (exact) mass is 236 g/mol. The molecule has 0 heterocycles. The maximum absolute atomic E-state index is 13.3. The molecule has 0 spiro atoms. The average molecular weight is 237 g/mol. The van der Waals surface area contributed by atoms with Crippen LogP contribution in [-0.2, 0) is 0 Å². The molecule has 1 aromatic carbocycles. The maximum atomic E-state index is 13.3. The average Bonchev–Trinajstić information content (AvgIpc) is 2.28. The van der Waals surface area contributed by atoms with E-state index in [-0.39, 0.29) is 16.2 Å². The molecule has 0 aliphatic heterocycles. The second kappa shape index (κ2) is 5.27. The van der Waals surface area contributed by atoms with E-state index in [9.17, 15) is 4.39 Å². The van der Waals surface area contributed by atoms with E-state index in [4.69, 9.17) is 27.2 Å². The van der Waals surface area contributed by atoms with E-state index in [2.05, 4.69) is 0 Å². The van der Waals surface area contributed by atoms with E-state index in [1.807, 2.05) is 0 Å². The fourth-order valence-corrected chi connectivity index (χ4v) is 1.26. The van der Waals surface area contributed by atoms with Gasteiger partial charge in [-0.15, -0.1) is 0 Å². The van der Waals surface area contributed by atoms with Crippen molar-refractivity contribution in [1.29, 1.82) is 10.5 Å². The van der Waals surface area contributed by atoms with Crippen LogP contribution in [0, 0.1) is 28.5 Å². The molecule has 1 atom stereocenters. The summed E-state index contributed by atoms with van der Waals surface area (Å²) >= 11 is 5.72. The van der Waals surface area contributed by atoms with Crippen LogP contribution in [-0.4, -0.2) is 11.2 Å². The minimum atomic E-state index is -1.58. The van der Waals surface area contributed by atoms with Gasteiger partial charge in [0.2, 0.25) is 0 Å². The third-order valence-electron chi connectivity index (χ3n) is 1.85. The molecule has 5 heteroatoms. The van der Waals surface area contributed by atoms with Gasteiger partial charge in [-0.3, -0.25) is 0 Å². The zero-order valence-electron chi connectivity index (χ0n) is 7.98. The van der Waals surface area contributed by atoms with Gasteiger partial charge in [0.05, 0.1) is 22.7 Å². The zero-order chi connectivity index (χ0) is 12.1. The van der Waals surface area contributed by atoms with Crippen LogP contribution in [0.1, 0.15) is 5.56 Å². The fraction of sp³-hybridized carbons (Fsp3) is 0.0909. The lowest BCUT2D eigenvalue weighted by molar-refractivity contribution is 0.271. The Hall–Kier alpha value is -1.88. The number of nitriles is 2. The van der Waals surface area contributed by atoms with Gasteiger partial charge < -0.3 is 5.11 Å². The van der Waals surface area contributed by atoms with Crippen LogP contribution >= 0.6 is 11.6 Å². The molecule has 0 saturated heterocycles. The maximum Gasteiger partial charge on any atom is 0.175 e. The second-order valence-electron chi connectivity index (χ2n) is 2.88. The minimum absolute atomic E-state index is 0.0185. The Labute approximate surface area is 96.6 Å². The summed E-state index contributed by atoms with van der Waals surface area (Å²) in [4.78, 5) is 0. The highest BCUT2D eigenvalue weighted by Gasteiger charge is 2.12. The predicted molar refractivity (Wildman–Crippen MR) is 56.6 cm³/mol. The molecule has 3 nitrogen and oxygen atoms in total. The number of benzene rings is 1. The highest BCUT2D eigenvalue weighted by molar-refractivity contribution is 6.32. The summed E-state index contributed by atoms with van der Waals surface area (Å²) in [6.45, 7) is 0. The van der Waals surface area contributed by atoms with Crippen molar-refractivity contribution in [3.63, 3.8) is 0 Å². The third kappa shape index (κ3) is 2.58. The van der Waals surface area contributed by atoms with Gasteiger partial charge >= 0.3 is 0 Å². The van der Waals surface area contributed by atoms with Gasteiger partial charge in [-0.2, -0.15) is 10.5 Å². The van der Waals surface area contributed by atoms with Crippen LogP contribution in [0.4, 0.5) is 4.39 Å². The van der Waals surface area contributed by atoms with Crippen molar-refractivity contribution < 1.29 is 9.50 Å². The molecule has 0 saturated carbocycles. The third-order valence-corrected chi connectivity index (χ3v) is 2.18. The Kier molecular flexibility index (Phi) is 4.02. The molecule has 0 radical (unpaired) electrons. The summed E-state index contributed by atoms with van der Waals surface area (Å²) in [6.07, 6.45) is -0.522. The second-order valence-corrected chi connectivity index (χ2v) is 3.29. The molecule has 0 aromatic heterocycles. The SMILES string of the molecule is N#C/C(=C\c1c(F)cccc1Cl)C(O)C#N. The van der Waals surface area contributed by atoms with Crippen LogP contribution in [0.25, 0.3) is 6.08 Å². The quantitative estimate of drug-likeness (QED) is 0.633. The molecular formula is C11H6ClFN2O. The first-order valence-corrected chi connectivity index (χ1v) is 4.61. The van der Waals surface area contributed by atoms with Crippen molar-refractivity contribution in [3.8, 4) is 12.1 Å². The molecule has 0 aliphatic rings. The zero-order valence-corrected chi connectivity index (χ0v) is 8.74. The number of aliphatic hydroxyl groups is 1. The standard InChI is InChI=1S/C11H6ClFN2O/c12-9-2-1-3-10(13)8(9)4-7(5-14)11(16)6-15/h1-4,11,16H/b7-4+. The molecule has 0 bridgehead atoms. The number of halogens is 2. The van der Waals surface area contributed by atoms with Crippen LogP contribution in [0.15, 0.2) is 23.8 Å². The van der Waals surface area contributed by atoms with E-state index in [1.165, 1.54) is 24.3 Å². The molecular weight excluding hydrogens is 231 g/mol. The van der Waals surface area contributed by atoms with Crippen molar-refractivity contribution in [3.05, 3.63) is 40.2 Å². The van der Waals surface area contributed by atoms with E-state index < -0.39 is 11.9 Å². The van der Waals surface area contributed by atoms with Crippen LogP contribution in [0.5, 0.6) is 0 Å². The van der Waals surface area contributed by atoms with Crippen molar-refractivity contribution in [2.75, 3.05) is 0 Å². The van der Waals surface area contributed by atoms with Crippen molar-refractivity contribution >= 4 is 17.7 Å². The van der Waals surface area contributed by atoms with E-state index in [0.717, 1.165) is 6.08 Å². The molecule has 16 heavy (non-hydrogen) atoms. The largest absolute Gasteiger partial charge is 0.373 e. The smallest absolute Gasteiger partial charge is 0.175 e. The fourth-order valence-electron chi connectivity index (χ4n) is 1.05. The summed E-state index contributed by atoms with van der Waals surface area (Å²) in [5.74, 6) is -0.620. The number of aliphatic hydroxyl groups excluding tert-OH is 1. The number of hydrogen-bond donors (Lipinski definition) is 1. The van der Waals surface area contributed by atoms with E-state index in [0.29, 0.717) is 0 Å². The van der Waals surface area contributed by atoms with Crippen molar-refractivity contribution in [1.82, 2.24) is 0 Å². The first-order chi connectivity index (χ1) is 7.60. The van der Waals surface area contributed by atoms with Crippen LogP contribution < -0.4 is 0 Å². The van der Waals surface area contributed by atoms with Gasteiger partial charge in [-0.25, -0.2) is 4.39 Å².